The van der Waals surface area contributed by atoms with Crippen molar-refractivity contribution in [2.24, 2.45) is 5.92 Å². The van der Waals surface area contributed by atoms with Crippen molar-refractivity contribution in [2.45, 2.75) is 38.6 Å². The first-order valence-corrected chi connectivity index (χ1v) is 8.52. The summed E-state index contributed by atoms with van der Waals surface area (Å²) in [5, 5.41) is 3.05. The fraction of sp³-hybridized carbons (Fsp3) is 0.400. The summed E-state index contributed by atoms with van der Waals surface area (Å²) < 4.78 is 5.85. The lowest BCUT2D eigenvalue weighted by Gasteiger charge is -2.28. The molecule has 4 heteroatoms. The van der Waals surface area contributed by atoms with Crippen molar-refractivity contribution in [3.05, 3.63) is 58.9 Å². The number of hydrogen-bond acceptors (Lipinski definition) is 3. The van der Waals surface area contributed by atoms with Gasteiger partial charge in [0, 0.05) is 23.1 Å². The summed E-state index contributed by atoms with van der Waals surface area (Å²) in [6, 6.07) is 10.1. The van der Waals surface area contributed by atoms with Crippen LogP contribution in [0.5, 0.6) is 5.75 Å². The summed E-state index contributed by atoms with van der Waals surface area (Å²) in [5.41, 5.74) is 4.58. The average molecular weight is 322 g/mol. The van der Waals surface area contributed by atoms with E-state index in [1.807, 2.05) is 18.2 Å². The number of aromatic nitrogens is 1. The third kappa shape index (κ3) is 2.46. The van der Waals surface area contributed by atoms with Gasteiger partial charge in [0.2, 0.25) is 5.91 Å². The smallest absolute Gasteiger partial charge is 0.224 e. The lowest BCUT2D eigenvalue weighted by Crippen LogP contribution is -2.31. The molecule has 1 aliphatic heterocycles. The van der Waals surface area contributed by atoms with Gasteiger partial charge in [0.1, 0.15) is 5.75 Å². The van der Waals surface area contributed by atoms with Gasteiger partial charge in [-0.2, -0.15) is 0 Å². The van der Waals surface area contributed by atoms with Crippen LogP contribution in [0.4, 0.5) is 0 Å². The molecule has 1 aromatic heterocycles. The highest BCUT2D eigenvalue weighted by Crippen LogP contribution is 2.61. The van der Waals surface area contributed by atoms with Crippen LogP contribution in [-0.4, -0.2) is 17.5 Å². The summed E-state index contributed by atoms with van der Waals surface area (Å²) in [4.78, 5) is 16.9. The molecule has 2 atom stereocenters. The van der Waals surface area contributed by atoms with Crippen LogP contribution in [0.25, 0.3) is 0 Å². The van der Waals surface area contributed by atoms with E-state index in [1.54, 1.807) is 6.20 Å². The first kappa shape index (κ1) is 15.2. The van der Waals surface area contributed by atoms with Crippen molar-refractivity contribution in [1.82, 2.24) is 10.3 Å². The maximum absolute atomic E-state index is 12.6. The molecule has 1 aliphatic carbocycles. The molecule has 0 unspecified atom stereocenters. The van der Waals surface area contributed by atoms with Crippen LogP contribution in [0.2, 0.25) is 0 Å². The number of nitrogens with zero attached hydrogens (tertiary/aromatic N) is 1. The minimum absolute atomic E-state index is 0.0275. The molecule has 0 saturated heterocycles. The normalized spacial score (nSPS) is 24.2. The lowest BCUT2D eigenvalue weighted by molar-refractivity contribution is -0.123. The first-order valence-electron chi connectivity index (χ1n) is 8.52. The van der Waals surface area contributed by atoms with Crippen molar-refractivity contribution in [2.75, 3.05) is 6.61 Å². The van der Waals surface area contributed by atoms with Gasteiger partial charge in [0.15, 0.2) is 0 Å². The Balaban J connectivity index is 1.51. The van der Waals surface area contributed by atoms with Gasteiger partial charge < -0.3 is 10.1 Å². The fourth-order valence-electron chi connectivity index (χ4n) is 3.80. The van der Waals surface area contributed by atoms with Gasteiger partial charge in [-0.05, 0) is 56.0 Å². The van der Waals surface area contributed by atoms with E-state index in [9.17, 15) is 4.79 Å². The van der Waals surface area contributed by atoms with Crippen LogP contribution in [0, 0.1) is 19.8 Å². The van der Waals surface area contributed by atoms with Crippen molar-refractivity contribution in [3.8, 4) is 5.75 Å². The Kier molecular flexibility index (Phi) is 3.56. The van der Waals surface area contributed by atoms with Gasteiger partial charge in [-0.15, -0.1) is 0 Å². The molecule has 2 heterocycles. The molecule has 2 aliphatic rings. The summed E-state index contributed by atoms with van der Waals surface area (Å²) >= 11 is 0. The van der Waals surface area contributed by atoms with Crippen LogP contribution in [0.15, 0.2) is 36.5 Å². The molecule has 0 bridgehead atoms. The average Bonchev–Trinajstić information content (AvgIpc) is 3.31. The lowest BCUT2D eigenvalue weighted by atomic mass is 9.85. The Bertz CT molecular complexity index is 788. The summed E-state index contributed by atoms with van der Waals surface area (Å²) in [6.45, 7) is 5.41. The van der Waals surface area contributed by atoms with Gasteiger partial charge >= 0.3 is 0 Å². The maximum atomic E-state index is 12.6. The molecule has 0 radical (unpaired) electrons. The predicted molar refractivity (Wildman–Crippen MR) is 91.9 cm³/mol. The van der Waals surface area contributed by atoms with Crippen LogP contribution in [0.1, 0.15) is 35.2 Å². The molecular weight excluding hydrogens is 300 g/mol. The monoisotopic (exact) mass is 322 g/mol. The van der Waals surface area contributed by atoms with Crippen LogP contribution >= 0.6 is 0 Å². The number of hydrogen-bond donors (Lipinski definition) is 1. The topological polar surface area (TPSA) is 51.2 Å². The second-order valence-electron chi connectivity index (χ2n) is 6.98. The summed E-state index contributed by atoms with van der Waals surface area (Å²) in [5.74, 6) is 1.14. The summed E-state index contributed by atoms with van der Waals surface area (Å²) in [6.07, 6.45) is 3.59. The molecular formula is C20H22N2O2. The number of nitrogens with one attached hydrogen (secondary N) is 1. The minimum Gasteiger partial charge on any atom is -0.493 e. The highest BCUT2D eigenvalue weighted by Gasteiger charge is 2.61. The first-order chi connectivity index (χ1) is 11.6. The Morgan fingerprint density at radius 2 is 2.17 bits per heavy atom. The van der Waals surface area contributed by atoms with E-state index >= 15 is 0 Å². The van der Waals surface area contributed by atoms with Gasteiger partial charge in [0.05, 0.1) is 18.8 Å². The third-order valence-corrected chi connectivity index (χ3v) is 5.50. The van der Waals surface area contributed by atoms with Crippen molar-refractivity contribution < 1.29 is 9.53 Å². The molecule has 2 aromatic rings. The Hall–Kier alpha value is -2.36. The van der Waals surface area contributed by atoms with Crippen molar-refractivity contribution in [3.63, 3.8) is 0 Å². The maximum Gasteiger partial charge on any atom is 0.224 e. The largest absolute Gasteiger partial charge is 0.493 e. The number of carbonyl (C=O) groups is 1. The molecule has 1 N–H and O–H groups in total. The van der Waals surface area contributed by atoms with Crippen LogP contribution in [-0.2, 0) is 16.8 Å². The number of benzene rings is 1. The second kappa shape index (κ2) is 5.62. The van der Waals surface area contributed by atoms with E-state index < -0.39 is 0 Å². The highest BCUT2D eigenvalue weighted by atomic mass is 16.5. The fourth-order valence-corrected chi connectivity index (χ4v) is 3.80. The van der Waals surface area contributed by atoms with E-state index in [0.29, 0.717) is 13.2 Å². The molecule has 1 aromatic carbocycles. The predicted octanol–water partition coefficient (Wildman–Crippen LogP) is 3.06. The number of ether oxygens (including phenoxy) is 1. The Morgan fingerprint density at radius 1 is 1.33 bits per heavy atom. The quantitative estimate of drug-likeness (QED) is 0.945. The number of carbonyl (C=O) groups excluding carboxylic acids is 1. The van der Waals surface area contributed by atoms with E-state index in [0.717, 1.165) is 24.3 Å². The molecule has 4 nitrogen and oxygen atoms in total. The number of pyridine rings is 1. The second-order valence-corrected chi connectivity index (χ2v) is 6.98. The van der Waals surface area contributed by atoms with E-state index in [1.165, 1.54) is 16.7 Å². The van der Waals surface area contributed by atoms with E-state index in [-0.39, 0.29) is 17.2 Å². The zero-order chi connectivity index (χ0) is 16.7. The molecule has 24 heavy (non-hydrogen) atoms. The molecule has 4 rings (SSSR count). The zero-order valence-corrected chi connectivity index (χ0v) is 14.1. The number of rotatable bonds is 3. The molecule has 124 valence electrons. The zero-order valence-electron chi connectivity index (χ0n) is 14.1. The van der Waals surface area contributed by atoms with E-state index in [4.69, 9.17) is 4.74 Å². The third-order valence-electron chi connectivity index (χ3n) is 5.50. The molecule has 1 saturated carbocycles. The standard InChI is InChI=1S/C20H22N2O2/c1-13-9-16-18(10-14(13)2)24-8-6-20(16)11-17(20)19(23)22-12-15-5-3-4-7-21-15/h3-5,7,9-10,17H,6,8,11-12H2,1-2H3,(H,22,23)/t17-,20-/m0/s1. The van der Waals surface area contributed by atoms with Gasteiger partial charge in [-0.1, -0.05) is 12.1 Å². The molecule has 1 fully saturated rings. The number of aryl methyl sites for hydroxylation is 2. The van der Waals surface area contributed by atoms with Gasteiger partial charge in [-0.3, -0.25) is 9.78 Å². The van der Waals surface area contributed by atoms with Crippen LogP contribution < -0.4 is 10.1 Å². The highest BCUT2D eigenvalue weighted by molar-refractivity contribution is 5.85. The van der Waals surface area contributed by atoms with Crippen molar-refractivity contribution >= 4 is 5.91 Å². The Labute approximate surface area is 142 Å². The number of amides is 1. The summed E-state index contributed by atoms with van der Waals surface area (Å²) in [7, 11) is 0. The molecule has 1 spiro atoms. The van der Waals surface area contributed by atoms with Gasteiger partial charge in [-0.25, -0.2) is 0 Å². The van der Waals surface area contributed by atoms with Crippen molar-refractivity contribution in [1.29, 1.82) is 0 Å². The molecule has 1 amide bonds. The van der Waals surface area contributed by atoms with Gasteiger partial charge in [0.25, 0.3) is 0 Å². The van der Waals surface area contributed by atoms with E-state index in [2.05, 4.69) is 36.3 Å². The minimum atomic E-state index is -0.0275. The number of fused-ring (bicyclic) bond motifs is 2. The Morgan fingerprint density at radius 3 is 2.96 bits per heavy atom. The van der Waals surface area contributed by atoms with Crippen LogP contribution in [0.3, 0.4) is 0 Å². The SMILES string of the molecule is Cc1cc2c(cc1C)[C@]1(CCO2)C[C@H]1C(=O)NCc1ccccn1.